The number of fused-ring (bicyclic) bond motifs is 1. The zero-order valence-electron chi connectivity index (χ0n) is 10.8. The third-order valence-corrected chi connectivity index (χ3v) is 5.12. The van der Waals surface area contributed by atoms with Gasteiger partial charge in [0.15, 0.2) is 0 Å². The quantitative estimate of drug-likeness (QED) is 0.759. The number of aromatic nitrogens is 1. The van der Waals surface area contributed by atoms with Crippen molar-refractivity contribution in [1.82, 2.24) is 10.3 Å². The maximum Gasteiger partial charge on any atom is 0.0794 e. The van der Waals surface area contributed by atoms with Gasteiger partial charge in [-0.15, -0.1) is 22.7 Å². The van der Waals surface area contributed by atoms with Crippen LogP contribution in [0, 0.1) is 0 Å². The van der Waals surface area contributed by atoms with Crippen LogP contribution in [0.2, 0.25) is 0 Å². The van der Waals surface area contributed by atoms with Gasteiger partial charge in [-0.2, -0.15) is 0 Å². The molecule has 0 aliphatic rings. The van der Waals surface area contributed by atoms with Crippen molar-refractivity contribution in [2.75, 3.05) is 6.54 Å². The summed E-state index contributed by atoms with van der Waals surface area (Å²) in [6.07, 6.45) is 0.999. The van der Waals surface area contributed by atoms with Crippen molar-refractivity contribution < 1.29 is 0 Å². The van der Waals surface area contributed by atoms with E-state index in [0.29, 0.717) is 6.04 Å². The predicted octanol–water partition coefficient (Wildman–Crippen LogP) is 4.25. The average Bonchev–Trinajstić information content (AvgIpc) is 3.07. The summed E-state index contributed by atoms with van der Waals surface area (Å²) < 4.78 is 1.37. The van der Waals surface area contributed by atoms with Gasteiger partial charge in [-0.3, -0.25) is 0 Å². The molecule has 1 atom stereocenters. The minimum absolute atomic E-state index is 0.399. The molecule has 0 aliphatic carbocycles. The highest BCUT2D eigenvalue weighted by Gasteiger charge is 2.08. The van der Waals surface area contributed by atoms with Crippen LogP contribution in [0.3, 0.4) is 0 Å². The third kappa shape index (κ3) is 3.03. The molecule has 0 saturated heterocycles. The molecule has 19 heavy (non-hydrogen) atoms. The van der Waals surface area contributed by atoms with Crippen molar-refractivity contribution in [3.05, 3.63) is 51.8 Å². The summed E-state index contributed by atoms with van der Waals surface area (Å²) in [6.45, 7) is 3.20. The van der Waals surface area contributed by atoms with Crippen LogP contribution in [0.25, 0.3) is 10.1 Å². The number of nitrogens with one attached hydrogen (secondary N) is 1. The highest BCUT2D eigenvalue weighted by atomic mass is 32.1. The van der Waals surface area contributed by atoms with Crippen LogP contribution in [0.15, 0.2) is 41.2 Å². The summed E-state index contributed by atoms with van der Waals surface area (Å²) in [6, 6.07) is 11.3. The summed E-state index contributed by atoms with van der Waals surface area (Å²) in [7, 11) is 0. The lowest BCUT2D eigenvalue weighted by atomic mass is 10.2. The van der Waals surface area contributed by atoms with E-state index in [1.807, 2.05) is 16.8 Å². The molecule has 1 N–H and O–H groups in total. The van der Waals surface area contributed by atoms with Gasteiger partial charge in [0.1, 0.15) is 0 Å². The average molecular weight is 288 g/mol. The Morgan fingerprint density at radius 1 is 1.32 bits per heavy atom. The van der Waals surface area contributed by atoms with Gasteiger partial charge in [-0.25, -0.2) is 4.98 Å². The predicted molar refractivity (Wildman–Crippen MR) is 84.1 cm³/mol. The highest BCUT2D eigenvalue weighted by molar-refractivity contribution is 7.19. The summed E-state index contributed by atoms with van der Waals surface area (Å²) in [5.41, 5.74) is 3.08. The number of hydrogen-bond acceptors (Lipinski definition) is 4. The summed E-state index contributed by atoms with van der Waals surface area (Å²) in [4.78, 5) is 5.70. The molecule has 4 heteroatoms. The number of thiophene rings is 1. The van der Waals surface area contributed by atoms with E-state index in [1.54, 1.807) is 11.3 Å². The van der Waals surface area contributed by atoms with Gasteiger partial charge in [0.25, 0.3) is 0 Å². The molecule has 0 bridgehead atoms. The molecule has 0 amide bonds. The van der Waals surface area contributed by atoms with E-state index in [4.69, 9.17) is 0 Å². The first kappa shape index (κ1) is 12.8. The molecule has 1 aromatic carbocycles. The number of hydrogen-bond donors (Lipinski definition) is 1. The molecule has 3 aromatic rings. The normalized spacial score (nSPS) is 12.9. The van der Waals surface area contributed by atoms with Crippen molar-refractivity contribution >= 4 is 32.8 Å². The second-order valence-electron chi connectivity index (χ2n) is 4.59. The van der Waals surface area contributed by atoms with Gasteiger partial charge in [-0.05, 0) is 24.4 Å². The molecule has 2 nitrogen and oxygen atoms in total. The van der Waals surface area contributed by atoms with Crippen molar-refractivity contribution in [3.63, 3.8) is 0 Å². The van der Waals surface area contributed by atoms with Crippen LogP contribution >= 0.6 is 22.7 Å². The fourth-order valence-electron chi connectivity index (χ4n) is 2.09. The van der Waals surface area contributed by atoms with E-state index in [-0.39, 0.29) is 0 Å². The maximum atomic E-state index is 4.30. The lowest BCUT2D eigenvalue weighted by Gasteiger charge is -2.10. The molecule has 0 radical (unpaired) electrons. The Morgan fingerprint density at radius 3 is 3.00 bits per heavy atom. The fourth-order valence-corrected chi connectivity index (χ4v) is 3.78. The Bertz CT molecular complexity index is 610. The Kier molecular flexibility index (Phi) is 3.92. The Balaban J connectivity index is 1.61. The van der Waals surface area contributed by atoms with Crippen LogP contribution in [0.1, 0.15) is 23.5 Å². The van der Waals surface area contributed by atoms with E-state index in [9.17, 15) is 0 Å². The Hall–Kier alpha value is -1.23. The number of thiazole rings is 1. The summed E-state index contributed by atoms with van der Waals surface area (Å²) in [5.74, 6) is 0. The molecule has 0 aliphatic heterocycles. The lowest BCUT2D eigenvalue weighted by Crippen LogP contribution is -2.20. The standard InChI is InChI=1S/C15H16N2S2/c1-11(16-7-6-13-9-18-10-17-13)15-8-12-4-2-3-5-14(12)19-15/h2-5,8-11,16H,6-7H2,1H3. The van der Waals surface area contributed by atoms with Crippen LogP contribution in [-0.2, 0) is 6.42 Å². The van der Waals surface area contributed by atoms with Gasteiger partial charge in [-0.1, -0.05) is 18.2 Å². The molecule has 1 unspecified atom stereocenters. The van der Waals surface area contributed by atoms with E-state index in [0.717, 1.165) is 13.0 Å². The highest BCUT2D eigenvalue weighted by Crippen LogP contribution is 2.29. The molecular weight excluding hydrogens is 272 g/mol. The second-order valence-corrected chi connectivity index (χ2v) is 6.43. The monoisotopic (exact) mass is 288 g/mol. The van der Waals surface area contributed by atoms with Gasteiger partial charge in [0.05, 0.1) is 11.2 Å². The van der Waals surface area contributed by atoms with Crippen LogP contribution in [0.5, 0.6) is 0 Å². The van der Waals surface area contributed by atoms with Crippen LogP contribution < -0.4 is 5.32 Å². The molecular formula is C15H16N2S2. The van der Waals surface area contributed by atoms with Crippen molar-refractivity contribution in [1.29, 1.82) is 0 Å². The van der Waals surface area contributed by atoms with Gasteiger partial charge in [0.2, 0.25) is 0 Å². The molecule has 0 fully saturated rings. The second kappa shape index (κ2) is 5.82. The topological polar surface area (TPSA) is 24.9 Å². The van der Waals surface area contributed by atoms with Gasteiger partial charge >= 0.3 is 0 Å². The SMILES string of the molecule is CC(NCCc1cscn1)c1cc2ccccc2s1. The number of benzene rings is 1. The molecule has 0 saturated carbocycles. The third-order valence-electron chi connectivity index (χ3n) is 3.19. The molecule has 98 valence electrons. The number of rotatable bonds is 5. The van der Waals surface area contributed by atoms with E-state index in [2.05, 4.69) is 52.9 Å². The smallest absolute Gasteiger partial charge is 0.0794 e. The fraction of sp³-hybridized carbons (Fsp3) is 0.267. The molecule has 3 rings (SSSR count). The van der Waals surface area contributed by atoms with Crippen LogP contribution in [-0.4, -0.2) is 11.5 Å². The first-order valence-electron chi connectivity index (χ1n) is 6.42. The van der Waals surface area contributed by atoms with Crippen molar-refractivity contribution in [3.8, 4) is 0 Å². The Labute approximate surface area is 121 Å². The zero-order chi connectivity index (χ0) is 13.1. The minimum atomic E-state index is 0.399. The van der Waals surface area contributed by atoms with E-state index >= 15 is 0 Å². The van der Waals surface area contributed by atoms with Gasteiger partial charge in [0, 0.05) is 34.0 Å². The molecule has 0 spiro atoms. The zero-order valence-corrected chi connectivity index (χ0v) is 12.4. The first-order valence-corrected chi connectivity index (χ1v) is 8.18. The summed E-state index contributed by atoms with van der Waals surface area (Å²) in [5, 5.41) is 7.03. The molecule has 2 aromatic heterocycles. The minimum Gasteiger partial charge on any atom is -0.309 e. The lowest BCUT2D eigenvalue weighted by molar-refractivity contribution is 0.582. The van der Waals surface area contributed by atoms with Crippen molar-refractivity contribution in [2.45, 2.75) is 19.4 Å². The summed E-state index contributed by atoms with van der Waals surface area (Å²) >= 11 is 3.54. The maximum absolute atomic E-state index is 4.30. The van der Waals surface area contributed by atoms with Crippen LogP contribution in [0.4, 0.5) is 0 Å². The molecule has 2 heterocycles. The number of nitrogens with zero attached hydrogens (tertiary/aromatic N) is 1. The van der Waals surface area contributed by atoms with E-state index < -0.39 is 0 Å². The van der Waals surface area contributed by atoms with Gasteiger partial charge < -0.3 is 5.32 Å². The largest absolute Gasteiger partial charge is 0.309 e. The Morgan fingerprint density at radius 2 is 2.21 bits per heavy atom. The van der Waals surface area contributed by atoms with Crippen molar-refractivity contribution in [2.24, 2.45) is 0 Å². The first-order chi connectivity index (χ1) is 9.33. The van der Waals surface area contributed by atoms with E-state index in [1.165, 1.54) is 20.7 Å².